The van der Waals surface area contributed by atoms with Crippen molar-refractivity contribution in [3.05, 3.63) is 48.5 Å². The third-order valence-electron chi connectivity index (χ3n) is 8.70. The van der Waals surface area contributed by atoms with Gasteiger partial charge in [0.1, 0.15) is 22.1 Å². The van der Waals surface area contributed by atoms with Crippen LogP contribution in [0.3, 0.4) is 0 Å². The maximum atomic E-state index is 6.31. The first-order valence-electron chi connectivity index (χ1n) is 19.1. The Balaban J connectivity index is 1.09. The van der Waals surface area contributed by atoms with Gasteiger partial charge in [-0.3, -0.25) is 9.80 Å². The predicted octanol–water partition coefficient (Wildman–Crippen LogP) is 4.68. The molecule has 0 amide bonds. The Kier molecular flexibility index (Phi) is 17.1. The average molecular weight is 725 g/mol. The van der Waals surface area contributed by atoms with Crippen molar-refractivity contribution in [1.82, 2.24) is 39.8 Å². The van der Waals surface area contributed by atoms with Crippen molar-refractivity contribution in [1.29, 1.82) is 0 Å². The third-order valence-corrected chi connectivity index (χ3v) is 8.70. The van der Waals surface area contributed by atoms with Crippen molar-refractivity contribution in [3.63, 3.8) is 0 Å². The smallest absolute Gasteiger partial charge is 0.170 e. The normalized spacial score (nSPS) is 18.6. The average Bonchev–Trinajstić information content (AvgIpc) is 3.77. The zero-order chi connectivity index (χ0) is 36.4. The maximum absolute atomic E-state index is 6.31. The Bertz CT molecular complexity index is 1350. The lowest BCUT2D eigenvalue weighted by molar-refractivity contribution is -0.0430. The molecule has 3 heterocycles. The maximum Gasteiger partial charge on any atom is 0.170 e. The molecular formula is C38H60N8O6. The molecule has 2 aromatic carbocycles. The second-order valence-electron chi connectivity index (χ2n) is 14.1. The van der Waals surface area contributed by atoms with E-state index in [4.69, 9.17) is 48.8 Å². The minimum absolute atomic E-state index is 0.258. The van der Waals surface area contributed by atoms with Crippen LogP contribution in [0.5, 0.6) is 0 Å². The molecule has 1 fully saturated rings. The monoisotopic (exact) mass is 724 g/mol. The highest BCUT2D eigenvalue weighted by Crippen LogP contribution is 2.19. The highest BCUT2D eigenvalue weighted by molar-refractivity contribution is 5.73. The van der Waals surface area contributed by atoms with Gasteiger partial charge in [-0.1, -0.05) is 52.0 Å². The SMILES string of the molecule is CC(C)COC(CCN1CCOCCOCCN(CCC(OCC(C)C)n2nc3ccccc3n2)CCOCCOCC1)n1nc2ccccc2n1. The van der Waals surface area contributed by atoms with E-state index in [0.29, 0.717) is 77.9 Å². The highest BCUT2D eigenvalue weighted by atomic mass is 16.5. The zero-order valence-electron chi connectivity index (χ0n) is 31.7. The van der Waals surface area contributed by atoms with E-state index in [9.17, 15) is 0 Å². The van der Waals surface area contributed by atoms with Gasteiger partial charge in [-0.15, -0.1) is 0 Å². The summed E-state index contributed by atoms with van der Waals surface area (Å²) in [5.74, 6) is 0.817. The van der Waals surface area contributed by atoms with Crippen molar-refractivity contribution in [2.75, 3.05) is 105 Å². The molecule has 14 nitrogen and oxygen atoms in total. The van der Waals surface area contributed by atoms with Crippen molar-refractivity contribution < 1.29 is 28.4 Å². The third kappa shape index (κ3) is 13.7. The van der Waals surface area contributed by atoms with Crippen LogP contribution >= 0.6 is 0 Å². The van der Waals surface area contributed by atoms with Gasteiger partial charge in [-0.05, 0) is 36.1 Å². The largest absolute Gasteiger partial charge is 0.378 e. The molecule has 14 heteroatoms. The summed E-state index contributed by atoms with van der Waals surface area (Å²) in [5.41, 5.74) is 3.48. The van der Waals surface area contributed by atoms with Crippen LogP contribution in [0.2, 0.25) is 0 Å². The van der Waals surface area contributed by atoms with E-state index < -0.39 is 0 Å². The molecule has 1 aliphatic rings. The number of hydrogen-bond acceptors (Lipinski definition) is 12. The molecule has 2 aromatic heterocycles. The topological polar surface area (TPSA) is 123 Å². The van der Waals surface area contributed by atoms with Crippen molar-refractivity contribution in [2.24, 2.45) is 11.8 Å². The van der Waals surface area contributed by atoms with Crippen molar-refractivity contribution >= 4 is 22.1 Å². The van der Waals surface area contributed by atoms with Gasteiger partial charge in [0.25, 0.3) is 0 Å². The molecular weight excluding hydrogens is 664 g/mol. The molecule has 5 rings (SSSR count). The quantitative estimate of drug-likeness (QED) is 0.179. The number of aromatic nitrogens is 6. The number of ether oxygens (including phenoxy) is 6. The summed E-state index contributed by atoms with van der Waals surface area (Å²) in [6.07, 6.45) is 0.977. The number of rotatable bonds is 14. The van der Waals surface area contributed by atoms with Crippen LogP contribution in [0, 0.1) is 11.8 Å². The molecule has 52 heavy (non-hydrogen) atoms. The lowest BCUT2D eigenvalue weighted by atomic mass is 10.2. The molecule has 0 saturated carbocycles. The fourth-order valence-electron chi connectivity index (χ4n) is 5.82. The van der Waals surface area contributed by atoms with Crippen LogP contribution in [-0.2, 0) is 28.4 Å². The van der Waals surface area contributed by atoms with Crippen molar-refractivity contribution in [3.8, 4) is 0 Å². The minimum Gasteiger partial charge on any atom is -0.378 e. The van der Waals surface area contributed by atoms with Gasteiger partial charge in [0.2, 0.25) is 0 Å². The van der Waals surface area contributed by atoms with Gasteiger partial charge < -0.3 is 28.4 Å². The summed E-state index contributed by atoms with van der Waals surface area (Å²) < 4.78 is 36.7. The summed E-state index contributed by atoms with van der Waals surface area (Å²) in [5, 5.41) is 18.9. The highest BCUT2D eigenvalue weighted by Gasteiger charge is 2.20. The van der Waals surface area contributed by atoms with E-state index in [2.05, 4.69) is 37.5 Å². The Morgan fingerprint density at radius 1 is 0.500 bits per heavy atom. The van der Waals surface area contributed by atoms with Crippen LogP contribution in [0.15, 0.2) is 48.5 Å². The molecule has 0 spiro atoms. The molecule has 1 aliphatic heterocycles. The molecule has 1 saturated heterocycles. The molecule has 0 aliphatic carbocycles. The number of nitrogens with zero attached hydrogens (tertiary/aromatic N) is 8. The van der Waals surface area contributed by atoms with E-state index in [1.165, 1.54) is 0 Å². The van der Waals surface area contributed by atoms with Gasteiger partial charge in [0.15, 0.2) is 12.5 Å². The number of fused-ring (bicyclic) bond motifs is 2. The first-order valence-corrected chi connectivity index (χ1v) is 19.1. The van der Waals surface area contributed by atoms with Crippen LogP contribution in [0.4, 0.5) is 0 Å². The fraction of sp³-hybridized carbons (Fsp3) is 0.684. The van der Waals surface area contributed by atoms with Crippen molar-refractivity contribution in [2.45, 2.75) is 53.0 Å². The summed E-state index contributed by atoms with van der Waals surface area (Å²) in [6, 6.07) is 15.8. The van der Waals surface area contributed by atoms with Crippen LogP contribution < -0.4 is 0 Å². The van der Waals surface area contributed by atoms with E-state index in [0.717, 1.165) is 74.2 Å². The Hall–Kier alpha value is -3.08. The fourth-order valence-corrected chi connectivity index (χ4v) is 5.82. The Labute approximate surface area is 308 Å². The summed E-state index contributed by atoms with van der Waals surface area (Å²) in [6.45, 7) is 19.2. The summed E-state index contributed by atoms with van der Waals surface area (Å²) >= 11 is 0. The zero-order valence-corrected chi connectivity index (χ0v) is 31.7. The first-order chi connectivity index (χ1) is 25.4. The van der Waals surface area contributed by atoms with Crippen LogP contribution in [0.25, 0.3) is 22.1 Å². The van der Waals surface area contributed by atoms with Gasteiger partial charge in [-0.2, -0.15) is 30.0 Å². The van der Waals surface area contributed by atoms with Gasteiger partial charge >= 0.3 is 0 Å². The Morgan fingerprint density at radius 3 is 1.10 bits per heavy atom. The lowest BCUT2D eigenvalue weighted by Gasteiger charge is -2.26. The van der Waals surface area contributed by atoms with E-state index in [1.54, 1.807) is 9.59 Å². The molecule has 0 N–H and O–H groups in total. The minimum atomic E-state index is -0.258. The second-order valence-corrected chi connectivity index (χ2v) is 14.1. The lowest BCUT2D eigenvalue weighted by Crippen LogP contribution is -2.35. The predicted molar refractivity (Wildman–Crippen MR) is 200 cm³/mol. The summed E-state index contributed by atoms with van der Waals surface area (Å²) in [7, 11) is 0. The van der Waals surface area contributed by atoms with E-state index in [-0.39, 0.29) is 12.5 Å². The van der Waals surface area contributed by atoms with Gasteiger partial charge in [-0.25, -0.2) is 0 Å². The molecule has 0 radical (unpaired) electrons. The van der Waals surface area contributed by atoms with Crippen LogP contribution in [-0.4, -0.2) is 145 Å². The number of benzene rings is 2. The standard InChI is InChI=1S/C38H60N8O6/c1-31(2)29-51-37(45-39-33-9-5-6-10-34(33)40-45)13-15-43-17-21-47-25-27-49-23-19-44(20-24-50-28-26-48-22-18-43)16-14-38(52-30-32(3)4)46-41-35-11-7-8-12-36(35)42-46/h5-12,31-32,37-38H,13-30H2,1-4H3. The molecule has 2 atom stereocenters. The molecule has 4 aromatic rings. The van der Waals surface area contributed by atoms with Gasteiger partial charge in [0, 0.05) is 52.1 Å². The van der Waals surface area contributed by atoms with Gasteiger partial charge in [0.05, 0.1) is 66.1 Å². The Morgan fingerprint density at radius 2 is 0.808 bits per heavy atom. The first kappa shape index (κ1) is 40.1. The molecule has 288 valence electrons. The molecule has 2 unspecified atom stereocenters. The van der Waals surface area contributed by atoms with E-state index >= 15 is 0 Å². The molecule has 0 bridgehead atoms. The second kappa shape index (κ2) is 22.2. The summed E-state index contributed by atoms with van der Waals surface area (Å²) in [4.78, 5) is 8.18. The number of hydrogen-bond donors (Lipinski definition) is 0. The van der Waals surface area contributed by atoms with E-state index in [1.807, 2.05) is 48.5 Å². The van der Waals surface area contributed by atoms with Crippen LogP contribution in [0.1, 0.15) is 53.0 Å².